The molecule has 10 heteroatoms. The first-order valence-electron chi connectivity index (χ1n) is 9.73. The molecule has 164 valence electrons. The molecule has 0 radical (unpaired) electrons. The quantitative estimate of drug-likeness (QED) is 0.327. The van der Waals surface area contributed by atoms with Crippen LogP contribution in [0.15, 0.2) is 67.7 Å². The van der Waals surface area contributed by atoms with Crippen molar-refractivity contribution in [1.29, 1.82) is 0 Å². The lowest BCUT2D eigenvalue weighted by molar-refractivity contribution is 0.414. The first-order valence-corrected chi connectivity index (χ1v) is 10.5. The van der Waals surface area contributed by atoms with Crippen LogP contribution in [0.25, 0.3) is 11.2 Å². The van der Waals surface area contributed by atoms with Crippen LogP contribution in [0, 0.1) is 0 Å². The van der Waals surface area contributed by atoms with Crippen LogP contribution in [-0.2, 0) is 20.6 Å². The zero-order chi connectivity index (χ0) is 22.8. The van der Waals surface area contributed by atoms with E-state index in [0.29, 0.717) is 23.8 Å². The van der Waals surface area contributed by atoms with E-state index in [0.717, 1.165) is 20.2 Å². The molecule has 0 amide bonds. The molecule has 0 aliphatic heterocycles. The number of ether oxygens (including phenoxy) is 1. The molecule has 0 atom stereocenters. The van der Waals surface area contributed by atoms with Gasteiger partial charge in [-0.2, -0.15) is 10.1 Å². The van der Waals surface area contributed by atoms with Gasteiger partial charge in [0.05, 0.1) is 19.9 Å². The summed E-state index contributed by atoms with van der Waals surface area (Å²) in [5, 5.41) is 4.31. The Balaban J connectivity index is 1.82. The maximum absolute atomic E-state index is 12.9. The number of hydrogen-bond donors (Lipinski definition) is 1. The highest BCUT2D eigenvalue weighted by atomic mass is 79.9. The summed E-state index contributed by atoms with van der Waals surface area (Å²) in [5.41, 5.74) is 4.39. The van der Waals surface area contributed by atoms with E-state index in [4.69, 9.17) is 4.74 Å². The Kier molecular flexibility index (Phi) is 5.95. The number of anilines is 1. The Labute approximate surface area is 191 Å². The molecule has 32 heavy (non-hydrogen) atoms. The highest BCUT2D eigenvalue weighted by molar-refractivity contribution is 9.10. The highest BCUT2D eigenvalue weighted by Gasteiger charge is 2.19. The average Bonchev–Trinajstić information content (AvgIpc) is 3.15. The molecule has 0 aliphatic rings. The molecular formula is C22H21BrN6O3. The van der Waals surface area contributed by atoms with Gasteiger partial charge in [-0.25, -0.2) is 10.2 Å². The number of benzene rings is 2. The SMILES string of the molecule is COc1ccc(Br)cc1C=NNc1nc2c(c(=O)n(C)c(=O)n2C)n1Cc1ccccc1. The summed E-state index contributed by atoms with van der Waals surface area (Å²) in [7, 11) is 4.63. The number of imidazole rings is 1. The fourth-order valence-electron chi connectivity index (χ4n) is 3.42. The first-order chi connectivity index (χ1) is 15.4. The number of methoxy groups -OCH3 is 1. The Bertz CT molecular complexity index is 1440. The molecule has 0 saturated heterocycles. The summed E-state index contributed by atoms with van der Waals surface area (Å²) >= 11 is 3.44. The van der Waals surface area contributed by atoms with Crippen LogP contribution >= 0.6 is 15.9 Å². The normalized spacial score (nSPS) is 11.4. The van der Waals surface area contributed by atoms with E-state index < -0.39 is 11.2 Å². The summed E-state index contributed by atoms with van der Waals surface area (Å²) in [6.07, 6.45) is 1.60. The third kappa shape index (κ3) is 3.96. The molecule has 0 spiro atoms. The van der Waals surface area contributed by atoms with Gasteiger partial charge in [-0.15, -0.1) is 0 Å². The first kappa shape index (κ1) is 21.6. The Hall–Kier alpha value is -3.66. The van der Waals surface area contributed by atoms with Crippen molar-refractivity contribution in [2.24, 2.45) is 19.2 Å². The lowest BCUT2D eigenvalue weighted by atomic mass is 10.2. The molecule has 9 nitrogen and oxygen atoms in total. The fraction of sp³-hybridized carbons (Fsp3) is 0.182. The second-order valence-corrected chi connectivity index (χ2v) is 8.06. The molecule has 0 saturated carbocycles. The number of nitrogens with zero attached hydrogens (tertiary/aromatic N) is 5. The van der Waals surface area contributed by atoms with Gasteiger partial charge in [0, 0.05) is 24.1 Å². The molecule has 0 fully saturated rings. The van der Waals surface area contributed by atoms with Crippen LogP contribution in [0.2, 0.25) is 0 Å². The largest absolute Gasteiger partial charge is 0.496 e. The lowest BCUT2D eigenvalue weighted by Gasteiger charge is -2.09. The van der Waals surface area contributed by atoms with Gasteiger partial charge in [0.2, 0.25) is 5.95 Å². The number of rotatable bonds is 6. The van der Waals surface area contributed by atoms with Gasteiger partial charge < -0.3 is 4.74 Å². The summed E-state index contributed by atoms with van der Waals surface area (Å²) in [5.74, 6) is 1.00. The van der Waals surface area contributed by atoms with Crippen LogP contribution in [0.4, 0.5) is 5.95 Å². The number of aromatic nitrogens is 4. The predicted octanol–water partition coefficient (Wildman–Crippen LogP) is 2.70. The van der Waals surface area contributed by atoms with Crippen molar-refractivity contribution < 1.29 is 4.74 Å². The monoisotopic (exact) mass is 496 g/mol. The Morgan fingerprint density at radius 2 is 1.88 bits per heavy atom. The number of hydrazone groups is 1. The smallest absolute Gasteiger partial charge is 0.332 e. The van der Waals surface area contributed by atoms with Gasteiger partial charge in [0.15, 0.2) is 11.2 Å². The summed E-state index contributed by atoms with van der Waals surface area (Å²) in [6.45, 7) is 0.378. The fourth-order valence-corrected chi connectivity index (χ4v) is 3.80. The molecule has 2 aromatic carbocycles. The van der Waals surface area contributed by atoms with Gasteiger partial charge in [-0.1, -0.05) is 46.3 Å². The molecule has 4 rings (SSSR count). The van der Waals surface area contributed by atoms with Crippen LogP contribution in [0.3, 0.4) is 0 Å². The molecule has 2 aromatic heterocycles. The number of aryl methyl sites for hydroxylation is 1. The van der Waals surface area contributed by atoms with Gasteiger partial charge >= 0.3 is 5.69 Å². The Morgan fingerprint density at radius 3 is 2.59 bits per heavy atom. The zero-order valence-corrected chi connectivity index (χ0v) is 19.3. The maximum atomic E-state index is 12.9. The van der Waals surface area contributed by atoms with Crippen molar-refractivity contribution in [1.82, 2.24) is 18.7 Å². The van der Waals surface area contributed by atoms with E-state index in [9.17, 15) is 9.59 Å². The predicted molar refractivity (Wildman–Crippen MR) is 128 cm³/mol. The molecular weight excluding hydrogens is 476 g/mol. The number of fused-ring (bicyclic) bond motifs is 1. The van der Waals surface area contributed by atoms with Crippen LogP contribution in [-0.4, -0.2) is 32.0 Å². The minimum atomic E-state index is -0.444. The Morgan fingerprint density at radius 1 is 1.12 bits per heavy atom. The van der Waals surface area contributed by atoms with Crippen molar-refractivity contribution in [3.05, 3.63) is 85.0 Å². The van der Waals surface area contributed by atoms with Crippen molar-refractivity contribution in [3.8, 4) is 5.75 Å². The zero-order valence-electron chi connectivity index (χ0n) is 17.7. The standard InChI is InChI=1S/C22H21BrN6O3/c1-27-19-18(20(30)28(2)22(27)31)29(13-14-7-5-4-6-8-14)21(25-19)26-24-12-15-11-16(23)9-10-17(15)32-3/h4-12H,13H2,1-3H3,(H,25,26). The third-order valence-corrected chi connectivity index (χ3v) is 5.58. The van der Waals surface area contributed by atoms with Crippen molar-refractivity contribution in [2.75, 3.05) is 12.5 Å². The van der Waals surface area contributed by atoms with Crippen molar-refractivity contribution in [3.63, 3.8) is 0 Å². The summed E-state index contributed by atoms with van der Waals surface area (Å²) in [6, 6.07) is 15.3. The maximum Gasteiger partial charge on any atom is 0.332 e. The number of hydrogen-bond acceptors (Lipinski definition) is 6. The van der Waals surface area contributed by atoms with E-state index in [1.165, 1.54) is 11.6 Å². The topological polar surface area (TPSA) is 95.4 Å². The minimum Gasteiger partial charge on any atom is -0.496 e. The number of nitrogens with one attached hydrogen (secondary N) is 1. The summed E-state index contributed by atoms with van der Waals surface area (Å²) < 4.78 is 10.4. The highest BCUT2D eigenvalue weighted by Crippen LogP contribution is 2.22. The van der Waals surface area contributed by atoms with E-state index in [2.05, 4.69) is 31.4 Å². The number of halogens is 1. The molecule has 0 aliphatic carbocycles. The van der Waals surface area contributed by atoms with Gasteiger partial charge in [-0.05, 0) is 23.8 Å². The average molecular weight is 497 g/mol. The second-order valence-electron chi connectivity index (χ2n) is 7.14. The third-order valence-electron chi connectivity index (χ3n) is 5.09. The summed E-state index contributed by atoms with van der Waals surface area (Å²) in [4.78, 5) is 29.8. The van der Waals surface area contributed by atoms with Crippen molar-refractivity contribution >= 4 is 39.3 Å². The molecule has 2 heterocycles. The minimum absolute atomic E-state index is 0.284. The van der Waals surface area contributed by atoms with E-state index >= 15 is 0 Å². The van der Waals surface area contributed by atoms with Crippen molar-refractivity contribution in [2.45, 2.75) is 6.54 Å². The molecule has 1 N–H and O–H groups in total. The van der Waals surface area contributed by atoms with Gasteiger partial charge in [0.1, 0.15) is 5.75 Å². The molecule has 4 aromatic rings. The van der Waals surface area contributed by atoms with Crippen LogP contribution in [0.5, 0.6) is 5.75 Å². The molecule has 0 unspecified atom stereocenters. The molecule has 0 bridgehead atoms. The van der Waals surface area contributed by atoms with E-state index in [1.807, 2.05) is 48.5 Å². The van der Waals surface area contributed by atoms with Gasteiger partial charge in [-0.3, -0.25) is 18.5 Å². The van der Waals surface area contributed by atoms with Crippen LogP contribution in [0.1, 0.15) is 11.1 Å². The van der Waals surface area contributed by atoms with Gasteiger partial charge in [0.25, 0.3) is 5.56 Å². The van der Waals surface area contributed by atoms with Crippen LogP contribution < -0.4 is 21.4 Å². The van der Waals surface area contributed by atoms with E-state index in [1.54, 1.807) is 24.9 Å². The second kappa shape index (κ2) is 8.83. The van der Waals surface area contributed by atoms with E-state index in [-0.39, 0.29) is 5.65 Å². The lowest BCUT2D eigenvalue weighted by Crippen LogP contribution is -2.37.